The van der Waals surface area contributed by atoms with E-state index in [0.717, 1.165) is 38.5 Å². The third kappa shape index (κ3) is 6.25. The number of carbonyl (C=O) groups excluding carboxylic acids is 2. The lowest BCUT2D eigenvalue weighted by atomic mass is 9.84. The van der Waals surface area contributed by atoms with E-state index in [1.165, 1.54) is 26.4 Å². The summed E-state index contributed by atoms with van der Waals surface area (Å²) in [5.41, 5.74) is 0. The van der Waals surface area contributed by atoms with E-state index in [-0.39, 0.29) is 18.0 Å². The van der Waals surface area contributed by atoms with Crippen LogP contribution in [0.3, 0.4) is 0 Å². The maximum absolute atomic E-state index is 12.4. The number of unbranched alkanes of at least 4 members (excludes halogenated alkanes) is 3. The van der Waals surface area contributed by atoms with E-state index >= 15 is 0 Å². The Labute approximate surface area is 152 Å². The van der Waals surface area contributed by atoms with Gasteiger partial charge in [0.2, 0.25) is 0 Å². The molecule has 0 aromatic heterocycles. The van der Waals surface area contributed by atoms with Crippen LogP contribution in [0, 0.1) is 11.8 Å². The Kier molecular flexibility index (Phi) is 8.66. The molecule has 1 saturated heterocycles. The van der Waals surface area contributed by atoms with Crippen LogP contribution < -0.4 is 0 Å². The summed E-state index contributed by atoms with van der Waals surface area (Å²) in [6.45, 7) is 2.22. The fraction of sp³-hybridized carbons (Fsp3) is 0.810. The number of hydrogen-bond donors (Lipinski definition) is 0. The Bertz CT molecular complexity index is 457. The van der Waals surface area contributed by atoms with Gasteiger partial charge in [0.15, 0.2) is 0 Å². The van der Waals surface area contributed by atoms with Gasteiger partial charge >= 0.3 is 5.97 Å². The first kappa shape index (κ1) is 20.2. The first-order chi connectivity index (χ1) is 12.2. The number of ketones is 1. The van der Waals surface area contributed by atoms with Crippen molar-refractivity contribution >= 4 is 11.8 Å². The Hall–Kier alpha value is -1.16. The minimum atomic E-state index is -0.157. The molecule has 2 aliphatic rings. The molecule has 4 nitrogen and oxygen atoms in total. The number of hydrogen-bond acceptors (Lipinski definition) is 4. The van der Waals surface area contributed by atoms with Crippen molar-refractivity contribution < 1.29 is 19.1 Å². The molecule has 4 atom stereocenters. The molecule has 0 radical (unpaired) electrons. The molecule has 0 spiro atoms. The van der Waals surface area contributed by atoms with Gasteiger partial charge in [-0.05, 0) is 44.4 Å². The molecule has 0 bridgehead atoms. The van der Waals surface area contributed by atoms with Gasteiger partial charge in [0, 0.05) is 18.8 Å². The number of carbonyl (C=O) groups is 2. The van der Waals surface area contributed by atoms with Gasteiger partial charge in [0.05, 0.1) is 19.3 Å². The SMILES string of the molecule is CCCCC[C@H]1CC[C@H]2[C@@H](CC(=O)[C@@H]2C/C=C\CCCC(=O)OC)O1. The molecule has 1 heterocycles. The second kappa shape index (κ2) is 10.7. The number of methoxy groups -OCH3 is 1. The Morgan fingerprint density at radius 3 is 2.84 bits per heavy atom. The van der Waals surface area contributed by atoms with Gasteiger partial charge in [-0.3, -0.25) is 9.59 Å². The van der Waals surface area contributed by atoms with Crippen LogP contribution in [0.2, 0.25) is 0 Å². The standard InChI is InChI=1S/C21H34O4/c1-3-4-7-10-16-13-14-18-17(19(22)15-20(18)25-16)11-8-5-6-9-12-21(23)24-2/h5,8,16-18,20H,3-4,6-7,9-15H2,1-2H3/b8-5-/t16-,17+,18+,20+/m0/s1. The highest BCUT2D eigenvalue weighted by Crippen LogP contribution is 2.42. The number of Topliss-reactive ketones (excluding diaryl/α,β-unsaturated/α-hetero) is 1. The van der Waals surface area contributed by atoms with Gasteiger partial charge in [-0.2, -0.15) is 0 Å². The zero-order chi connectivity index (χ0) is 18.1. The van der Waals surface area contributed by atoms with Crippen LogP contribution in [0.25, 0.3) is 0 Å². The molecule has 0 amide bonds. The predicted molar refractivity (Wildman–Crippen MR) is 98.3 cm³/mol. The average molecular weight is 350 g/mol. The summed E-state index contributed by atoms with van der Waals surface area (Å²) in [7, 11) is 1.42. The molecule has 1 aliphatic carbocycles. The van der Waals surface area contributed by atoms with Crippen LogP contribution in [0.15, 0.2) is 12.2 Å². The summed E-state index contributed by atoms with van der Waals surface area (Å²) in [6.07, 6.45) is 15.4. The smallest absolute Gasteiger partial charge is 0.305 e. The Balaban J connectivity index is 1.71. The first-order valence-electron chi connectivity index (χ1n) is 10.1. The summed E-state index contributed by atoms with van der Waals surface area (Å²) in [6, 6.07) is 0. The second-order valence-electron chi connectivity index (χ2n) is 7.49. The molecule has 0 N–H and O–H groups in total. The minimum absolute atomic E-state index is 0.137. The zero-order valence-corrected chi connectivity index (χ0v) is 15.9. The lowest BCUT2D eigenvalue weighted by Crippen LogP contribution is -2.33. The lowest BCUT2D eigenvalue weighted by Gasteiger charge is -2.34. The van der Waals surface area contributed by atoms with E-state index in [0.29, 0.717) is 30.6 Å². The third-order valence-electron chi connectivity index (χ3n) is 5.67. The minimum Gasteiger partial charge on any atom is -0.469 e. The van der Waals surface area contributed by atoms with E-state index in [4.69, 9.17) is 4.74 Å². The van der Waals surface area contributed by atoms with E-state index in [1.54, 1.807) is 0 Å². The topological polar surface area (TPSA) is 52.6 Å². The predicted octanol–water partition coefficient (Wildman–Crippen LogP) is 4.61. The van der Waals surface area contributed by atoms with Crippen LogP contribution >= 0.6 is 0 Å². The molecule has 2 rings (SSSR count). The van der Waals surface area contributed by atoms with Gasteiger partial charge in [0.25, 0.3) is 0 Å². The number of allylic oxidation sites excluding steroid dienone is 2. The largest absolute Gasteiger partial charge is 0.469 e. The number of ether oxygens (including phenoxy) is 2. The monoisotopic (exact) mass is 350 g/mol. The highest BCUT2D eigenvalue weighted by molar-refractivity contribution is 5.84. The van der Waals surface area contributed by atoms with Crippen molar-refractivity contribution in [1.82, 2.24) is 0 Å². The van der Waals surface area contributed by atoms with E-state index < -0.39 is 0 Å². The maximum Gasteiger partial charge on any atom is 0.305 e. The van der Waals surface area contributed by atoms with Crippen LogP contribution in [-0.4, -0.2) is 31.1 Å². The third-order valence-corrected chi connectivity index (χ3v) is 5.67. The number of fused-ring (bicyclic) bond motifs is 1. The molecule has 1 aliphatic heterocycles. The summed E-state index contributed by atoms with van der Waals surface area (Å²) in [5, 5.41) is 0. The van der Waals surface area contributed by atoms with Crippen molar-refractivity contribution in [3.8, 4) is 0 Å². The molecule has 142 valence electrons. The maximum atomic E-state index is 12.4. The van der Waals surface area contributed by atoms with E-state index in [9.17, 15) is 9.59 Å². The van der Waals surface area contributed by atoms with Gasteiger partial charge < -0.3 is 9.47 Å². The molecule has 0 unspecified atom stereocenters. The van der Waals surface area contributed by atoms with Crippen LogP contribution in [0.4, 0.5) is 0 Å². The number of rotatable bonds is 10. The van der Waals surface area contributed by atoms with Crippen molar-refractivity contribution in [2.75, 3.05) is 7.11 Å². The van der Waals surface area contributed by atoms with E-state index in [2.05, 4.69) is 23.8 Å². The van der Waals surface area contributed by atoms with Crippen LogP contribution in [0.5, 0.6) is 0 Å². The summed E-state index contributed by atoms with van der Waals surface area (Å²) in [4.78, 5) is 23.4. The fourth-order valence-corrected chi connectivity index (χ4v) is 4.20. The molecule has 1 saturated carbocycles. The molecule has 25 heavy (non-hydrogen) atoms. The van der Waals surface area contributed by atoms with Crippen LogP contribution in [0.1, 0.15) is 77.6 Å². The quantitative estimate of drug-likeness (QED) is 0.328. The summed E-state index contributed by atoms with van der Waals surface area (Å²) < 4.78 is 10.9. The van der Waals surface area contributed by atoms with Crippen molar-refractivity contribution in [2.45, 2.75) is 89.8 Å². The number of esters is 1. The van der Waals surface area contributed by atoms with Crippen molar-refractivity contribution in [3.63, 3.8) is 0 Å². The normalized spacial score (nSPS) is 29.1. The molecule has 0 aromatic rings. The highest BCUT2D eigenvalue weighted by Gasteiger charge is 2.45. The molecule has 0 aromatic carbocycles. The highest BCUT2D eigenvalue weighted by atomic mass is 16.5. The average Bonchev–Trinajstić information content (AvgIpc) is 2.92. The van der Waals surface area contributed by atoms with Crippen molar-refractivity contribution in [1.29, 1.82) is 0 Å². The first-order valence-corrected chi connectivity index (χ1v) is 10.1. The van der Waals surface area contributed by atoms with Gasteiger partial charge in [0.1, 0.15) is 5.78 Å². The van der Waals surface area contributed by atoms with Gasteiger partial charge in [-0.25, -0.2) is 0 Å². The van der Waals surface area contributed by atoms with Crippen molar-refractivity contribution in [3.05, 3.63) is 12.2 Å². The molecule has 2 fully saturated rings. The molecular formula is C21H34O4. The van der Waals surface area contributed by atoms with Crippen LogP contribution in [-0.2, 0) is 19.1 Å². The molecular weight excluding hydrogens is 316 g/mol. The Morgan fingerprint density at radius 1 is 1.24 bits per heavy atom. The lowest BCUT2D eigenvalue weighted by molar-refractivity contribution is -0.140. The fourth-order valence-electron chi connectivity index (χ4n) is 4.20. The second-order valence-corrected chi connectivity index (χ2v) is 7.49. The Morgan fingerprint density at radius 2 is 2.08 bits per heavy atom. The van der Waals surface area contributed by atoms with Crippen molar-refractivity contribution in [2.24, 2.45) is 11.8 Å². The zero-order valence-electron chi connectivity index (χ0n) is 15.9. The molecule has 4 heteroatoms. The van der Waals surface area contributed by atoms with E-state index in [1.807, 2.05) is 0 Å². The van der Waals surface area contributed by atoms with Gasteiger partial charge in [-0.15, -0.1) is 0 Å². The summed E-state index contributed by atoms with van der Waals surface area (Å²) >= 11 is 0. The van der Waals surface area contributed by atoms with Gasteiger partial charge in [-0.1, -0.05) is 38.3 Å². The summed E-state index contributed by atoms with van der Waals surface area (Å²) in [5.74, 6) is 0.770.